The minimum atomic E-state index is -0.241. The zero-order valence-corrected chi connectivity index (χ0v) is 18.1. The van der Waals surface area contributed by atoms with E-state index in [9.17, 15) is 19.2 Å². The van der Waals surface area contributed by atoms with Crippen molar-refractivity contribution in [1.29, 1.82) is 0 Å². The van der Waals surface area contributed by atoms with Crippen molar-refractivity contribution in [2.75, 3.05) is 25.0 Å². The van der Waals surface area contributed by atoms with Crippen molar-refractivity contribution in [2.45, 2.75) is 32.6 Å². The van der Waals surface area contributed by atoms with Crippen LogP contribution in [0, 0.1) is 12.8 Å². The predicted molar refractivity (Wildman–Crippen MR) is 119 cm³/mol. The second-order valence-corrected chi connectivity index (χ2v) is 8.36. The molecule has 0 aromatic heterocycles. The number of amides is 2. The van der Waals surface area contributed by atoms with Crippen LogP contribution in [0.15, 0.2) is 42.5 Å². The highest BCUT2D eigenvalue weighted by molar-refractivity contribution is 6.02. The topological polar surface area (TPSA) is 92.8 Å². The number of rotatable bonds is 6. The van der Waals surface area contributed by atoms with Crippen LogP contribution in [-0.4, -0.2) is 48.0 Å². The number of carbonyl (C=O) groups excluding carboxylic acids is 4. The van der Waals surface area contributed by atoms with Crippen molar-refractivity contribution in [3.63, 3.8) is 0 Å². The second kappa shape index (κ2) is 9.34. The first-order valence-corrected chi connectivity index (χ1v) is 10.9. The highest BCUT2D eigenvalue weighted by Gasteiger charge is 2.29. The molecule has 1 fully saturated rings. The van der Waals surface area contributed by atoms with Gasteiger partial charge in [0.1, 0.15) is 5.75 Å². The molecule has 2 aromatic carbocycles. The smallest absolute Gasteiger partial charge is 0.262 e. The summed E-state index contributed by atoms with van der Waals surface area (Å²) in [6.45, 7) is 2.94. The highest BCUT2D eigenvalue weighted by Crippen LogP contribution is 2.31. The molecule has 2 aliphatic rings. The Labute approximate surface area is 186 Å². The molecule has 1 saturated heterocycles. The molecule has 2 aliphatic heterocycles. The van der Waals surface area contributed by atoms with Crippen molar-refractivity contribution in [3.8, 4) is 5.75 Å². The molecule has 2 aromatic rings. The third-order valence-electron chi connectivity index (χ3n) is 6.05. The van der Waals surface area contributed by atoms with Gasteiger partial charge in [0.05, 0.1) is 5.69 Å². The molecule has 7 nitrogen and oxygen atoms in total. The first kappa shape index (κ1) is 21.7. The van der Waals surface area contributed by atoms with Crippen LogP contribution in [0.4, 0.5) is 5.69 Å². The second-order valence-electron chi connectivity index (χ2n) is 8.36. The van der Waals surface area contributed by atoms with Gasteiger partial charge in [-0.25, -0.2) is 0 Å². The number of likely N-dealkylation sites (tertiary alicyclic amines) is 1. The lowest BCUT2D eigenvalue weighted by Crippen LogP contribution is -2.40. The van der Waals surface area contributed by atoms with Crippen LogP contribution in [0.3, 0.4) is 0 Å². The molecule has 0 unspecified atom stereocenters. The number of piperidine rings is 1. The first-order valence-electron chi connectivity index (χ1n) is 10.9. The summed E-state index contributed by atoms with van der Waals surface area (Å²) in [5.41, 5.74) is 2.75. The molecule has 0 spiro atoms. The molecular weight excluding hydrogens is 408 g/mol. The molecule has 0 radical (unpaired) electrons. The Balaban J connectivity index is 1.28. The fourth-order valence-corrected chi connectivity index (χ4v) is 4.13. The van der Waals surface area contributed by atoms with Gasteiger partial charge in [0.15, 0.2) is 18.2 Å². The SMILES string of the molecule is Cc1ccc(C(=O)CCC(=O)N2CCC(C(=O)c3ccc4c(c3)NC(=O)CO4)CC2)cc1. The number of nitrogens with zero attached hydrogens (tertiary/aromatic N) is 1. The van der Waals surface area contributed by atoms with Crippen molar-refractivity contribution in [2.24, 2.45) is 5.92 Å². The number of Topliss-reactive ketones (excluding diaryl/α,β-unsaturated/α-hetero) is 2. The molecule has 0 saturated carbocycles. The van der Waals surface area contributed by atoms with E-state index in [-0.39, 0.29) is 48.7 Å². The minimum absolute atomic E-state index is 0.00858. The molecule has 0 bridgehead atoms. The molecule has 32 heavy (non-hydrogen) atoms. The van der Waals surface area contributed by atoms with Gasteiger partial charge in [-0.15, -0.1) is 0 Å². The van der Waals surface area contributed by atoms with Crippen LogP contribution < -0.4 is 10.1 Å². The highest BCUT2D eigenvalue weighted by atomic mass is 16.5. The quantitative estimate of drug-likeness (QED) is 0.704. The maximum absolute atomic E-state index is 12.9. The van der Waals surface area contributed by atoms with Crippen LogP contribution >= 0.6 is 0 Å². The number of benzene rings is 2. The maximum atomic E-state index is 12.9. The maximum Gasteiger partial charge on any atom is 0.262 e. The van der Waals surface area contributed by atoms with Crippen LogP contribution in [-0.2, 0) is 9.59 Å². The number of anilines is 1. The summed E-state index contributed by atoms with van der Waals surface area (Å²) in [6, 6.07) is 12.4. The molecule has 166 valence electrons. The largest absolute Gasteiger partial charge is 0.482 e. The van der Waals surface area contributed by atoms with Crippen LogP contribution in [0.2, 0.25) is 0 Å². The molecular formula is C25H26N2O5. The molecule has 0 atom stereocenters. The third kappa shape index (κ3) is 4.88. The van der Waals surface area contributed by atoms with E-state index in [4.69, 9.17) is 4.74 Å². The summed E-state index contributed by atoms with van der Waals surface area (Å²) in [7, 11) is 0. The van der Waals surface area contributed by atoms with Crippen molar-refractivity contribution >= 4 is 29.1 Å². The van der Waals surface area contributed by atoms with Gasteiger partial charge < -0.3 is 15.0 Å². The number of hydrogen-bond donors (Lipinski definition) is 1. The van der Waals surface area contributed by atoms with Gasteiger partial charge in [-0.1, -0.05) is 29.8 Å². The number of ether oxygens (including phenoxy) is 1. The van der Waals surface area contributed by atoms with E-state index in [2.05, 4.69) is 5.32 Å². The summed E-state index contributed by atoms with van der Waals surface area (Å²) in [4.78, 5) is 51.1. The fourth-order valence-electron chi connectivity index (χ4n) is 4.13. The molecule has 1 N–H and O–H groups in total. The van der Waals surface area contributed by atoms with Gasteiger partial charge in [0, 0.05) is 43.0 Å². The molecule has 7 heteroatoms. The zero-order chi connectivity index (χ0) is 22.7. The Morgan fingerprint density at radius 2 is 1.69 bits per heavy atom. The Kier molecular flexibility index (Phi) is 6.35. The van der Waals surface area contributed by atoms with E-state index in [1.807, 2.05) is 19.1 Å². The van der Waals surface area contributed by atoms with E-state index in [0.717, 1.165) is 5.56 Å². The van der Waals surface area contributed by atoms with Gasteiger partial charge in [0.25, 0.3) is 5.91 Å². The lowest BCUT2D eigenvalue weighted by atomic mass is 9.88. The van der Waals surface area contributed by atoms with Gasteiger partial charge in [-0.05, 0) is 38.0 Å². The number of aryl methyl sites for hydroxylation is 1. The Bertz CT molecular complexity index is 1050. The minimum Gasteiger partial charge on any atom is -0.482 e. The van der Waals surface area contributed by atoms with Crippen LogP contribution in [0.25, 0.3) is 0 Å². The molecule has 4 rings (SSSR count). The number of hydrogen-bond acceptors (Lipinski definition) is 5. The van der Waals surface area contributed by atoms with E-state index < -0.39 is 0 Å². The lowest BCUT2D eigenvalue weighted by molar-refractivity contribution is -0.132. The number of ketones is 2. The van der Waals surface area contributed by atoms with Crippen molar-refractivity contribution < 1.29 is 23.9 Å². The van der Waals surface area contributed by atoms with E-state index >= 15 is 0 Å². The van der Waals surface area contributed by atoms with Crippen LogP contribution in [0.1, 0.15) is 52.0 Å². The van der Waals surface area contributed by atoms with Gasteiger partial charge in [-0.3, -0.25) is 19.2 Å². The van der Waals surface area contributed by atoms with Gasteiger partial charge in [0.2, 0.25) is 5.91 Å². The summed E-state index contributed by atoms with van der Waals surface area (Å²) >= 11 is 0. The van der Waals surface area contributed by atoms with Gasteiger partial charge >= 0.3 is 0 Å². The Morgan fingerprint density at radius 1 is 1.00 bits per heavy atom. The summed E-state index contributed by atoms with van der Waals surface area (Å²) in [5, 5.41) is 2.72. The zero-order valence-electron chi connectivity index (χ0n) is 18.1. The Morgan fingerprint density at radius 3 is 2.41 bits per heavy atom. The van der Waals surface area contributed by atoms with Gasteiger partial charge in [-0.2, -0.15) is 0 Å². The summed E-state index contributed by atoms with van der Waals surface area (Å²) in [5.74, 6) is 0.0641. The first-order chi connectivity index (χ1) is 15.4. The summed E-state index contributed by atoms with van der Waals surface area (Å²) in [6.07, 6.45) is 1.52. The molecule has 2 amide bonds. The average molecular weight is 434 g/mol. The lowest BCUT2D eigenvalue weighted by Gasteiger charge is -2.31. The van der Waals surface area contributed by atoms with Crippen molar-refractivity contribution in [3.05, 3.63) is 59.2 Å². The fraction of sp³-hybridized carbons (Fsp3) is 0.360. The molecule has 0 aliphatic carbocycles. The number of carbonyl (C=O) groups is 4. The number of fused-ring (bicyclic) bond motifs is 1. The van der Waals surface area contributed by atoms with E-state index in [1.165, 1.54) is 0 Å². The third-order valence-corrected chi connectivity index (χ3v) is 6.05. The van der Waals surface area contributed by atoms with E-state index in [0.29, 0.717) is 48.5 Å². The molecule has 2 heterocycles. The van der Waals surface area contributed by atoms with Crippen molar-refractivity contribution in [1.82, 2.24) is 4.90 Å². The average Bonchev–Trinajstić information content (AvgIpc) is 2.82. The summed E-state index contributed by atoms with van der Waals surface area (Å²) < 4.78 is 5.34. The van der Waals surface area contributed by atoms with E-state index in [1.54, 1.807) is 35.2 Å². The normalized spacial score (nSPS) is 16.0. The predicted octanol–water partition coefficient (Wildman–Crippen LogP) is 3.41. The number of nitrogens with one attached hydrogen (secondary N) is 1. The monoisotopic (exact) mass is 434 g/mol. The Hall–Kier alpha value is -3.48. The standard InChI is InChI=1S/C25H26N2O5/c1-16-2-4-17(5-3-16)21(28)7-9-24(30)27-12-10-18(11-13-27)25(31)19-6-8-22-20(14-19)26-23(29)15-32-22/h2-6,8,14,18H,7,9-13,15H2,1H3,(H,26,29). The van der Waals surface area contributed by atoms with Crippen LogP contribution in [0.5, 0.6) is 5.75 Å².